The van der Waals surface area contributed by atoms with E-state index in [1.165, 1.54) is 5.56 Å². The van der Waals surface area contributed by atoms with Crippen molar-refractivity contribution in [2.45, 2.75) is 52.4 Å². The van der Waals surface area contributed by atoms with Crippen LogP contribution in [0, 0.1) is 6.92 Å². The molecule has 0 saturated carbocycles. The second-order valence-corrected chi connectivity index (χ2v) is 6.53. The highest BCUT2D eigenvalue weighted by atomic mass is 16.5. The molecule has 0 atom stereocenters. The molecule has 22 heavy (non-hydrogen) atoms. The number of aryl methyl sites for hydroxylation is 2. The molecule has 1 aromatic carbocycles. The lowest BCUT2D eigenvalue weighted by Gasteiger charge is -2.22. The quantitative estimate of drug-likeness (QED) is 0.786. The lowest BCUT2D eigenvalue weighted by atomic mass is 9.84. The number of aliphatic hydroxyl groups is 1. The Morgan fingerprint density at radius 2 is 1.95 bits per heavy atom. The van der Waals surface area contributed by atoms with Crippen LogP contribution >= 0.6 is 0 Å². The molecule has 0 heterocycles. The summed E-state index contributed by atoms with van der Waals surface area (Å²) >= 11 is 0. The van der Waals surface area contributed by atoms with Crippen LogP contribution in [0.15, 0.2) is 12.1 Å². The Morgan fingerprint density at radius 1 is 1.27 bits per heavy atom. The molecule has 0 fully saturated rings. The van der Waals surface area contributed by atoms with Gasteiger partial charge in [-0.25, -0.2) is 0 Å². The van der Waals surface area contributed by atoms with Gasteiger partial charge in [-0.3, -0.25) is 4.79 Å². The van der Waals surface area contributed by atoms with Crippen molar-refractivity contribution in [1.82, 2.24) is 0 Å². The third kappa shape index (κ3) is 5.34. The Balaban J connectivity index is 2.80. The summed E-state index contributed by atoms with van der Waals surface area (Å²) in [7, 11) is 1.68. The summed E-state index contributed by atoms with van der Waals surface area (Å²) in [5.74, 6) is 0.633. The van der Waals surface area contributed by atoms with Gasteiger partial charge in [0.15, 0.2) is 0 Å². The van der Waals surface area contributed by atoms with Gasteiger partial charge in [-0.1, -0.05) is 32.9 Å². The smallest absolute Gasteiger partial charge is 0.305 e. The molecular weight excluding hydrogens is 280 g/mol. The highest BCUT2D eigenvalue weighted by Gasteiger charge is 2.18. The van der Waals surface area contributed by atoms with Gasteiger partial charge in [0, 0.05) is 6.42 Å². The molecule has 1 aromatic rings. The zero-order valence-electron chi connectivity index (χ0n) is 14.4. The normalized spacial score (nSPS) is 11.4. The van der Waals surface area contributed by atoms with Crippen LogP contribution in [0.5, 0.6) is 5.75 Å². The van der Waals surface area contributed by atoms with E-state index >= 15 is 0 Å². The van der Waals surface area contributed by atoms with Crippen molar-refractivity contribution in [3.05, 3.63) is 28.8 Å². The topological polar surface area (TPSA) is 55.8 Å². The molecule has 0 radical (unpaired) electrons. The van der Waals surface area contributed by atoms with Gasteiger partial charge in [0.2, 0.25) is 0 Å². The monoisotopic (exact) mass is 308 g/mol. The Labute approximate surface area is 133 Å². The molecule has 0 aromatic heterocycles. The molecule has 0 aliphatic carbocycles. The maximum atomic E-state index is 11.5. The second-order valence-electron chi connectivity index (χ2n) is 6.53. The summed E-state index contributed by atoms with van der Waals surface area (Å²) in [4.78, 5) is 11.5. The summed E-state index contributed by atoms with van der Waals surface area (Å²) in [5.41, 5.74) is 3.59. The van der Waals surface area contributed by atoms with Gasteiger partial charge >= 0.3 is 5.97 Å². The zero-order valence-corrected chi connectivity index (χ0v) is 14.4. The Hall–Kier alpha value is -1.55. The minimum atomic E-state index is -0.267. The summed E-state index contributed by atoms with van der Waals surface area (Å²) in [6.45, 7) is 8.54. The van der Waals surface area contributed by atoms with Gasteiger partial charge in [0.25, 0.3) is 0 Å². The van der Waals surface area contributed by atoms with Crippen molar-refractivity contribution in [1.29, 1.82) is 0 Å². The number of rotatable bonds is 7. The van der Waals surface area contributed by atoms with Crippen LogP contribution < -0.4 is 4.74 Å². The van der Waals surface area contributed by atoms with Gasteiger partial charge in [-0.2, -0.15) is 0 Å². The summed E-state index contributed by atoms with van der Waals surface area (Å²) in [6.07, 6.45) is 1.82. The highest BCUT2D eigenvalue weighted by Crippen LogP contribution is 2.32. The number of hydrogen-bond acceptors (Lipinski definition) is 4. The van der Waals surface area contributed by atoms with Crippen LogP contribution in [0.2, 0.25) is 0 Å². The van der Waals surface area contributed by atoms with Gasteiger partial charge in [-0.15, -0.1) is 0 Å². The van der Waals surface area contributed by atoms with Gasteiger partial charge in [0.1, 0.15) is 12.4 Å². The Bertz CT molecular complexity index is 501. The van der Waals surface area contributed by atoms with E-state index in [1.807, 2.05) is 6.92 Å². The van der Waals surface area contributed by atoms with E-state index in [4.69, 9.17) is 14.6 Å². The first kappa shape index (κ1) is 18.5. The fraction of sp³-hybridized carbons (Fsp3) is 0.611. The SMILES string of the molecule is COc1c(C)cc(C(C)(C)C)cc1CCCC(=O)OCCO. The van der Waals surface area contributed by atoms with Crippen molar-refractivity contribution in [2.75, 3.05) is 20.3 Å². The third-order valence-corrected chi connectivity index (χ3v) is 3.60. The van der Waals surface area contributed by atoms with Crippen LogP contribution in [0.4, 0.5) is 0 Å². The van der Waals surface area contributed by atoms with E-state index in [1.54, 1.807) is 7.11 Å². The van der Waals surface area contributed by atoms with Crippen molar-refractivity contribution < 1.29 is 19.4 Å². The summed E-state index contributed by atoms with van der Waals surface area (Å²) < 4.78 is 10.4. The first-order chi connectivity index (χ1) is 10.3. The number of carbonyl (C=O) groups is 1. The predicted octanol–water partition coefficient (Wildman–Crippen LogP) is 3.16. The highest BCUT2D eigenvalue weighted by molar-refractivity contribution is 5.69. The lowest BCUT2D eigenvalue weighted by Crippen LogP contribution is -2.13. The van der Waals surface area contributed by atoms with Crippen LogP contribution in [0.1, 0.15) is 50.3 Å². The van der Waals surface area contributed by atoms with Crippen molar-refractivity contribution in [3.8, 4) is 5.75 Å². The number of hydrogen-bond donors (Lipinski definition) is 1. The van der Waals surface area contributed by atoms with E-state index in [0.29, 0.717) is 12.8 Å². The van der Waals surface area contributed by atoms with Crippen LogP contribution in [0.3, 0.4) is 0 Å². The van der Waals surface area contributed by atoms with Crippen LogP contribution in [-0.2, 0) is 21.4 Å². The van der Waals surface area contributed by atoms with Crippen molar-refractivity contribution in [3.63, 3.8) is 0 Å². The molecule has 0 spiro atoms. The molecule has 0 unspecified atom stereocenters. The Morgan fingerprint density at radius 3 is 2.50 bits per heavy atom. The maximum absolute atomic E-state index is 11.5. The molecule has 4 nitrogen and oxygen atoms in total. The number of esters is 1. The fourth-order valence-corrected chi connectivity index (χ4v) is 2.41. The minimum Gasteiger partial charge on any atom is -0.496 e. The average molecular weight is 308 g/mol. The minimum absolute atomic E-state index is 0.0702. The summed E-state index contributed by atoms with van der Waals surface area (Å²) in [5, 5.41) is 8.63. The maximum Gasteiger partial charge on any atom is 0.305 e. The molecule has 1 N–H and O–H groups in total. The molecule has 0 aliphatic rings. The molecule has 0 saturated heterocycles. The average Bonchev–Trinajstić information content (AvgIpc) is 2.43. The van der Waals surface area contributed by atoms with E-state index in [9.17, 15) is 4.79 Å². The number of carbonyl (C=O) groups excluding carboxylic acids is 1. The second kappa shape index (κ2) is 8.18. The standard InChI is InChI=1S/C18H28O4/c1-13-11-15(18(2,3)4)12-14(17(13)21-5)7-6-8-16(20)22-10-9-19/h11-12,19H,6-10H2,1-5H3. The van der Waals surface area contributed by atoms with Gasteiger partial charge in [-0.05, 0) is 41.9 Å². The third-order valence-electron chi connectivity index (χ3n) is 3.60. The fourth-order valence-electron chi connectivity index (χ4n) is 2.41. The largest absolute Gasteiger partial charge is 0.496 e. The lowest BCUT2D eigenvalue weighted by molar-refractivity contribution is -0.144. The van der Waals surface area contributed by atoms with Gasteiger partial charge in [0.05, 0.1) is 13.7 Å². The Kier molecular flexibility index (Phi) is 6.88. The predicted molar refractivity (Wildman–Crippen MR) is 87.4 cm³/mol. The van der Waals surface area contributed by atoms with Gasteiger partial charge < -0.3 is 14.6 Å². The molecule has 0 amide bonds. The number of methoxy groups -OCH3 is 1. The molecular formula is C18H28O4. The first-order valence-corrected chi connectivity index (χ1v) is 7.74. The van der Waals surface area contributed by atoms with Crippen molar-refractivity contribution >= 4 is 5.97 Å². The van der Waals surface area contributed by atoms with Crippen LogP contribution in [0.25, 0.3) is 0 Å². The zero-order chi connectivity index (χ0) is 16.8. The number of aliphatic hydroxyl groups excluding tert-OH is 1. The molecule has 4 heteroatoms. The molecule has 0 bridgehead atoms. The van der Waals surface area contributed by atoms with Crippen molar-refractivity contribution in [2.24, 2.45) is 0 Å². The van der Waals surface area contributed by atoms with Crippen LogP contribution in [-0.4, -0.2) is 31.4 Å². The molecule has 0 aliphatic heterocycles. The first-order valence-electron chi connectivity index (χ1n) is 7.74. The van der Waals surface area contributed by atoms with E-state index in [2.05, 4.69) is 32.9 Å². The molecule has 124 valence electrons. The van der Waals surface area contributed by atoms with E-state index < -0.39 is 0 Å². The summed E-state index contributed by atoms with van der Waals surface area (Å²) in [6, 6.07) is 4.34. The van der Waals surface area contributed by atoms with E-state index in [0.717, 1.165) is 23.3 Å². The molecule has 1 rings (SSSR count). The number of ether oxygens (including phenoxy) is 2. The number of benzene rings is 1. The van der Waals surface area contributed by atoms with E-state index in [-0.39, 0.29) is 24.6 Å².